The van der Waals surface area contributed by atoms with E-state index in [9.17, 15) is 14.4 Å². The molecule has 154 valence electrons. The minimum Gasteiger partial charge on any atom is -0.484 e. The van der Waals surface area contributed by atoms with Crippen LogP contribution < -0.4 is 20.9 Å². The lowest BCUT2D eigenvalue weighted by molar-refractivity contribution is -0.130. The molecule has 0 fully saturated rings. The Bertz CT molecular complexity index is 884. The normalized spacial score (nSPS) is 11.3. The number of carbonyl (C=O) groups excluding carboxylic acids is 3. The van der Waals surface area contributed by atoms with Gasteiger partial charge in [0.15, 0.2) is 6.61 Å². The third-order valence-corrected chi connectivity index (χ3v) is 4.51. The van der Waals surface area contributed by atoms with Crippen LogP contribution in [-0.2, 0) is 14.4 Å². The topological polar surface area (TPSA) is 96.5 Å². The number of ether oxygens (including phenoxy) is 1. The van der Waals surface area contributed by atoms with Crippen molar-refractivity contribution < 1.29 is 19.1 Å². The van der Waals surface area contributed by atoms with Crippen LogP contribution >= 0.6 is 11.6 Å². The fraction of sp³-hybridized carbons (Fsp3) is 0.286. The minimum absolute atomic E-state index is 0.0276. The SMILES string of the molecule is CC(=O)N[C@@H](CC(=O)NNC(=O)COc1ccc(Cl)c(C)c1)c1ccc(C)cc1. The quantitative estimate of drug-likeness (QED) is 0.603. The molecule has 0 aliphatic carbocycles. The van der Waals surface area contributed by atoms with Gasteiger partial charge < -0.3 is 10.1 Å². The Morgan fingerprint density at radius 3 is 2.28 bits per heavy atom. The Hall–Kier alpha value is -3.06. The molecular formula is C21H24ClN3O4. The van der Waals surface area contributed by atoms with Crippen molar-refractivity contribution in [1.82, 2.24) is 16.2 Å². The van der Waals surface area contributed by atoms with Crippen molar-refractivity contribution in [3.8, 4) is 5.75 Å². The Morgan fingerprint density at radius 2 is 1.66 bits per heavy atom. The lowest BCUT2D eigenvalue weighted by Crippen LogP contribution is -2.45. The maximum atomic E-state index is 12.2. The van der Waals surface area contributed by atoms with Crippen molar-refractivity contribution in [2.24, 2.45) is 0 Å². The summed E-state index contributed by atoms with van der Waals surface area (Å²) in [5.74, 6) is -0.713. The van der Waals surface area contributed by atoms with E-state index in [2.05, 4.69) is 16.2 Å². The van der Waals surface area contributed by atoms with Crippen molar-refractivity contribution >= 4 is 29.3 Å². The van der Waals surface area contributed by atoms with E-state index in [-0.39, 0.29) is 18.9 Å². The van der Waals surface area contributed by atoms with Gasteiger partial charge in [-0.05, 0) is 43.2 Å². The van der Waals surface area contributed by atoms with Crippen molar-refractivity contribution in [2.75, 3.05) is 6.61 Å². The van der Waals surface area contributed by atoms with Crippen LogP contribution in [0.1, 0.15) is 36.1 Å². The Labute approximate surface area is 174 Å². The number of hydrazine groups is 1. The average molecular weight is 418 g/mol. The molecule has 0 saturated carbocycles. The summed E-state index contributed by atoms with van der Waals surface area (Å²) >= 11 is 5.94. The molecule has 3 amide bonds. The van der Waals surface area contributed by atoms with Gasteiger partial charge in [0.25, 0.3) is 5.91 Å². The first-order valence-corrected chi connectivity index (χ1v) is 9.42. The molecule has 0 bridgehead atoms. The fourth-order valence-electron chi connectivity index (χ4n) is 2.56. The number of hydrogen-bond donors (Lipinski definition) is 3. The summed E-state index contributed by atoms with van der Waals surface area (Å²) in [4.78, 5) is 35.6. The molecule has 0 aromatic heterocycles. The highest BCUT2D eigenvalue weighted by atomic mass is 35.5. The van der Waals surface area contributed by atoms with Gasteiger partial charge in [-0.15, -0.1) is 0 Å². The van der Waals surface area contributed by atoms with Gasteiger partial charge in [0.05, 0.1) is 12.5 Å². The molecular weight excluding hydrogens is 394 g/mol. The van der Waals surface area contributed by atoms with Gasteiger partial charge in [-0.25, -0.2) is 0 Å². The van der Waals surface area contributed by atoms with Gasteiger partial charge in [0, 0.05) is 11.9 Å². The first-order chi connectivity index (χ1) is 13.7. The van der Waals surface area contributed by atoms with E-state index in [1.165, 1.54) is 6.92 Å². The Kier molecular flexibility index (Phi) is 8.03. The maximum absolute atomic E-state index is 12.2. The number of benzene rings is 2. The average Bonchev–Trinajstić information content (AvgIpc) is 2.67. The summed E-state index contributed by atoms with van der Waals surface area (Å²) in [5.41, 5.74) is 7.33. The standard InChI is InChI=1S/C21H24ClN3O4/c1-13-4-6-16(7-5-13)19(23-15(3)26)11-20(27)24-25-21(28)12-29-17-8-9-18(22)14(2)10-17/h4-10,19H,11-12H2,1-3H3,(H,23,26)(H,24,27)(H,25,28)/t19-/m0/s1. The molecule has 1 atom stereocenters. The molecule has 0 radical (unpaired) electrons. The summed E-state index contributed by atoms with van der Waals surface area (Å²) in [5, 5.41) is 3.35. The van der Waals surface area contributed by atoms with Crippen LogP contribution in [0.2, 0.25) is 5.02 Å². The minimum atomic E-state index is -0.516. The van der Waals surface area contributed by atoms with Crippen LogP contribution in [0, 0.1) is 13.8 Å². The van der Waals surface area contributed by atoms with Gasteiger partial charge in [-0.3, -0.25) is 25.2 Å². The zero-order valence-corrected chi connectivity index (χ0v) is 17.3. The van der Waals surface area contributed by atoms with Crippen LogP contribution in [0.4, 0.5) is 0 Å². The van der Waals surface area contributed by atoms with E-state index in [0.29, 0.717) is 10.8 Å². The van der Waals surface area contributed by atoms with Crippen molar-refractivity contribution in [1.29, 1.82) is 0 Å². The van der Waals surface area contributed by atoms with Crippen molar-refractivity contribution in [3.63, 3.8) is 0 Å². The molecule has 29 heavy (non-hydrogen) atoms. The molecule has 2 aromatic rings. The molecule has 0 aliphatic heterocycles. The smallest absolute Gasteiger partial charge is 0.276 e. The Balaban J connectivity index is 1.84. The van der Waals surface area contributed by atoms with Gasteiger partial charge in [0.2, 0.25) is 11.8 Å². The lowest BCUT2D eigenvalue weighted by Gasteiger charge is -2.18. The largest absolute Gasteiger partial charge is 0.484 e. The second kappa shape index (κ2) is 10.5. The van der Waals surface area contributed by atoms with E-state index >= 15 is 0 Å². The molecule has 2 aromatic carbocycles. The molecule has 3 N–H and O–H groups in total. The number of halogens is 1. The predicted octanol–water partition coefficient (Wildman–Crippen LogP) is 2.75. The van der Waals surface area contributed by atoms with Crippen molar-refractivity contribution in [2.45, 2.75) is 33.2 Å². The number of aryl methyl sites for hydroxylation is 2. The molecule has 0 saturated heterocycles. The summed E-state index contributed by atoms with van der Waals surface area (Å²) in [6.07, 6.45) is -0.0276. The second-order valence-electron chi connectivity index (χ2n) is 6.66. The van der Waals surface area contributed by atoms with Gasteiger partial charge in [-0.2, -0.15) is 0 Å². The molecule has 0 spiro atoms. The van der Waals surface area contributed by atoms with Crippen LogP contribution in [0.5, 0.6) is 5.75 Å². The first kappa shape index (κ1) is 22.2. The monoisotopic (exact) mass is 417 g/mol. The molecule has 7 nitrogen and oxygen atoms in total. The van der Waals surface area contributed by atoms with Gasteiger partial charge >= 0.3 is 0 Å². The summed E-state index contributed by atoms with van der Waals surface area (Å²) < 4.78 is 5.37. The highest BCUT2D eigenvalue weighted by molar-refractivity contribution is 6.31. The molecule has 8 heteroatoms. The number of nitrogens with one attached hydrogen (secondary N) is 3. The van der Waals surface area contributed by atoms with Crippen molar-refractivity contribution in [3.05, 3.63) is 64.2 Å². The number of rotatable bonds is 7. The fourth-order valence-corrected chi connectivity index (χ4v) is 2.68. The highest BCUT2D eigenvalue weighted by Gasteiger charge is 2.17. The zero-order chi connectivity index (χ0) is 21.4. The van der Waals surface area contributed by atoms with Crippen LogP contribution in [0.25, 0.3) is 0 Å². The Morgan fingerprint density at radius 1 is 1.00 bits per heavy atom. The third-order valence-electron chi connectivity index (χ3n) is 4.09. The summed E-state index contributed by atoms with van der Waals surface area (Å²) in [6, 6.07) is 12.1. The van der Waals surface area contributed by atoms with E-state index < -0.39 is 17.9 Å². The van der Waals surface area contributed by atoms with E-state index in [1.54, 1.807) is 18.2 Å². The second-order valence-corrected chi connectivity index (χ2v) is 7.07. The lowest BCUT2D eigenvalue weighted by atomic mass is 10.0. The maximum Gasteiger partial charge on any atom is 0.276 e. The highest BCUT2D eigenvalue weighted by Crippen LogP contribution is 2.21. The zero-order valence-electron chi connectivity index (χ0n) is 16.5. The van der Waals surface area contributed by atoms with Crippen LogP contribution in [0.15, 0.2) is 42.5 Å². The molecule has 2 rings (SSSR count). The third kappa shape index (κ3) is 7.46. The number of amides is 3. The number of carbonyl (C=O) groups is 3. The van der Waals surface area contributed by atoms with E-state index in [4.69, 9.17) is 16.3 Å². The van der Waals surface area contributed by atoms with Gasteiger partial charge in [0.1, 0.15) is 5.75 Å². The summed E-state index contributed by atoms with van der Waals surface area (Å²) in [7, 11) is 0. The van der Waals surface area contributed by atoms with Crippen LogP contribution in [-0.4, -0.2) is 24.3 Å². The first-order valence-electron chi connectivity index (χ1n) is 9.05. The van der Waals surface area contributed by atoms with E-state index in [1.807, 2.05) is 38.1 Å². The molecule has 0 heterocycles. The summed E-state index contributed by atoms with van der Waals surface area (Å²) in [6.45, 7) is 4.90. The molecule has 0 unspecified atom stereocenters. The van der Waals surface area contributed by atoms with Gasteiger partial charge in [-0.1, -0.05) is 41.4 Å². The molecule has 0 aliphatic rings. The number of hydrogen-bond acceptors (Lipinski definition) is 4. The van der Waals surface area contributed by atoms with E-state index in [0.717, 1.165) is 16.7 Å². The predicted molar refractivity (Wildman–Crippen MR) is 110 cm³/mol. The van der Waals surface area contributed by atoms with Crippen LogP contribution in [0.3, 0.4) is 0 Å².